The molecular weight excluding hydrogens is 320 g/mol. The fraction of sp³-hybridized carbons (Fsp3) is 0.200. The van der Waals surface area contributed by atoms with Crippen molar-refractivity contribution in [2.24, 2.45) is 0 Å². The van der Waals surface area contributed by atoms with E-state index in [1.165, 1.54) is 0 Å². The van der Waals surface area contributed by atoms with Gasteiger partial charge in [-0.2, -0.15) is 0 Å². The van der Waals surface area contributed by atoms with Gasteiger partial charge in [0.15, 0.2) is 0 Å². The maximum absolute atomic E-state index is 10.5. The molecule has 0 fully saturated rings. The van der Waals surface area contributed by atoms with Gasteiger partial charge in [0, 0.05) is 4.47 Å². The number of carboxylic acids is 1. The first kappa shape index (κ1) is 13.0. The molecule has 0 aliphatic heterocycles. The molecule has 2 aromatic rings. The molecule has 0 saturated carbocycles. The summed E-state index contributed by atoms with van der Waals surface area (Å²) in [5.74, 6) is -0.952. The quantitative estimate of drug-likeness (QED) is 0.841. The Balaban J connectivity index is 2.12. The van der Waals surface area contributed by atoms with Gasteiger partial charge in [0.2, 0.25) is 5.16 Å². The molecular formula is C10H9BrN4O2S. The third-order valence-corrected chi connectivity index (χ3v) is 3.82. The molecule has 18 heavy (non-hydrogen) atoms. The van der Waals surface area contributed by atoms with Crippen LogP contribution in [-0.4, -0.2) is 37.0 Å². The van der Waals surface area contributed by atoms with E-state index in [-0.39, 0.29) is 5.75 Å². The molecule has 0 bridgehead atoms. The van der Waals surface area contributed by atoms with Crippen molar-refractivity contribution in [1.29, 1.82) is 0 Å². The highest BCUT2D eigenvalue weighted by Crippen LogP contribution is 2.19. The average molecular weight is 329 g/mol. The van der Waals surface area contributed by atoms with Gasteiger partial charge in [0.25, 0.3) is 0 Å². The van der Waals surface area contributed by atoms with E-state index in [2.05, 4.69) is 31.5 Å². The number of hydrogen-bond acceptors (Lipinski definition) is 5. The number of aromatic nitrogens is 4. The van der Waals surface area contributed by atoms with Crippen LogP contribution in [0.5, 0.6) is 0 Å². The summed E-state index contributed by atoms with van der Waals surface area (Å²) in [6.07, 6.45) is 0. The summed E-state index contributed by atoms with van der Waals surface area (Å²) in [5, 5.41) is 20.3. The van der Waals surface area contributed by atoms with Gasteiger partial charge in [-0.15, -0.1) is 5.10 Å². The number of carboxylic acid groups (broad SMARTS) is 1. The number of benzene rings is 1. The number of halogens is 1. The number of hydrogen-bond donors (Lipinski definition) is 1. The Morgan fingerprint density at radius 2 is 2.22 bits per heavy atom. The van der Waals surface area contributed by atoms with E-state index in [4.69, 9.17) is 5.11 Å². The highest BCUT2D eigenvalue weighted by Gasteiger charge is 2.10. The van der Waals surface area contributed by atoms with Crippen molar-refractivity contribution in [1.82, 2.24) is 20.2 Å². The van der Waals surface area contributed by atoms with Crippen LogP contribution < -0.4 is 0 Å². The zero-order chi connectivity index (χ0) is 13.0. The predicted octanol–water partition coefficient (Wildman–Crippen LogP) is 1.66. The molecule has 6 nitrogen and oxygen atoms in total. The highest BCUT2D eigenvalue weighted by molar-refractivity contribution is 9.10. The maximum Gasteiger partial charge on any atom is 0.313 e. The maximum atomic E-state index is 10.5. The fourth-order valence-corrected chi connectivity index (χ4v) is 2.32. The minimum absolute atomic E-state index is 0.0592. The SMILES string of the molecule is O=C(O)CSc1nnnn1Cc1ccccc1Br. The van der Waals surface area contributed by atoms with E-state index in [1.54, 1.807) is 4.68 Å². The van der Waals surface area contributed by atoms with Crippen molar-refractivity contribution in [2.45, 2.75) is 11.7 Å². The van der Waals surface area contributed by atoms with Crippen LogP contribution in [0.3, 0.4) is 0 Å². The molecule has 94 valence electrons. The van der Waals surface area contributed by atoms with E-state index < -0.39 is 5.97 Å². The Hall–Kier alpha value is -1.41. The molecule has 0 atom stereocenters. The van der Waals surface area contributed by atoms with E-state index in [1.807, 2.05) is 24.3 Å². The van der Waals surface area contributed by atoms with E-state index in [0.29, 0.717) is 11.7 Å². The van der Waals surface area contributed by atoms with Crippen molar-refractivity contribution < 1.29 is 9.90 Å². The second kappa shape index (κ2) is 5.96. The minimum Gasteiger partial charge on any atom is -0.481 e. The molecule has 0 spiro atoms. The fourth-order valence-electron chi connectivity index (χ4n) is 1.31. The Morgan fingerprint density at radius 3 is 2.94 bits per heavy atom. The first-order valence-electron chi connectivity index (χ1n) is 5.01. The average Bonchev–Trinajstić information content (AvgIpc) is 2.77. The molecule has 1 aromatic carbocycles. The van der Waals surface area contributed by atoms with Crippen LogP contribution in [0.1, 0.15) is 5.56 Å². The summed E-state index contributed by atoms with van der Waals surface area (Å²) in [4.78, 5) is 10.5. The van der Waals surface area contributed by atoms with Crippen molar-refractivity contribution in [3.8, 4) is 0 Å². The standard InChI is InChI=1S/C10H9BrN4O2S/c11-8-4-2-1-3-7(8)5-15-10(12-13-14-15)18-6-9(16)17/h1-4H,5-6H2,(H,16,17). The van der Waals surface area contributed by atoms with E-state index in [9.17, 15) is 4.79 Å². The first-order chi connectivity index (χ1) is 8.66. The Bertz CT molecular complexity index is 560. The van der Waals surface area contributed by atoms with Gasteiger partial charge >= 0.3 is 5.97 Å². The Kier molecular flexibility index (Phi) is 4.32. The van der Waals surface area contributed by atoms with Crippen molar-refractivity contribution >= 4 is 33.7 Å². The molecule has 0 saturated heterocycles. The van der Waals surface area contributed by atoms with Gasteiger partial charge in [0.1, 0.15) is 0 Å². The molecule has 0 unspecified atom stereocenters. The smallest absolute Gasteiger partial charge is 0.313 e. The lowest BCUT2D eigenvalue weighted by Gasteiger charge is -2.05. The molecule has 0 aliphatic rings. The van der Waals surface area contributed by atoms with Crippen LogP contribution in [0.15, 0.2) is 33.9 Å². The number of rotatable bonds is 5. The predicted molar refractivity (Wildman–Crippen MR) is 69.4 cm³/mol. The summed E-state index contributed by atoms with van der Waals surface area (Å²) >= 11 is 4.54. The van der Waals surface area contributed by atoms with Crippen molar-refractivity contribution in [3.05, 3.63) is 34.3 Å². The van der Waals surface area contributed by atoms with Crippen molar-refractivity contribution in [2.75, 3.05) is 5.75 Å². The molecule has 1 N–H and O–H groups in total. The second-order valence-corrected chi connectivity index (χ2v) is 5.19. The first-order valence-corrected chi connectivity index (χ1v) is 6.79. The molecule has 0 aliphatic carbocycles. The molecule has 2 rings (SSSR count). The van der Waals surface area contributed by atoms with Gasteiger partial charge in [0.05, 0.1) is 12.3 Å². The van der Waals surface area contributed by atoms with Crippen LogP contribution in [0.4, 0.5) is 0 Å². The third-order valence-electron chi connectivity index (χ3n) is 2.10. The molecule has 1 heterocycles. The Morgan fingerprint density at radius 1 is 1.44 bits per heavy atom. The van der Waals surface area contributed by atoms with Crippen LogP contribution >= 0.6 is 27.7 Å². The van der Waals surface area contributed by atoms with E-state index >= 15 is 0 Å². The highest BCUT2D eigenvalue weighted by atomic mass is 79.9. The summed E-state index contributed by atoms with van der Waals surface area (Å²) < 4.78 is 2.54. The molecule has 8 heteroatoms. The largest absolute Gasteiger partial charge is 0.481 e. The molecule has 0 radical (unpaired) electrons. The van der Waals surface area contributed by atoms with Gasteiger partial charge < -0.3 is 5.11 Å². The number of carbonyl (C=O) groups is 1. The number of aliphatic carboxylic acids is 1. The summed E-state index contributed by atoms with van der Waals surface area (Å²) in [7, 11) is 0. The van der Waals surface area contributed by atoms with Crippen molar-refractivity contribution in [3.63, 3.8) is 0 Å². The van der Waals surface area contributed by atoms with Crippen LogP contribution in [0.2, 0.25) is 0 Å². The van der Waals surface area contributed by atoms with Gasteiger partial charge in [-0.3, -0.25) is 4.79 Å². The topological polar surface area (TPSA) is 80.9 Å². The van der Waals surface area contributed by atoms with Gasteiger partial charge in [-0.25, -0.2) is 4.68 Å². The van der Waals surface area contributed by atoms with Gasteiger partial charge in [-0.1, -0.05) is 45.9 Å². The zero-order valence-corrected chi connectivity index (χ0v) is 11.6. The van der Waals surface area contributed by atoms with Crippen LogP contribution in [-0.2, 0) is 11.3 Å². The number of tetrazole rings is 1. The third kappa shape index (κ3) is 3.30. The lowest BCUT2D eigenvalue weighted by atomic mass is 10.2. The normalized spacial score (nSPS) is 10.5. The Labute approximate surface area is 116 Å². The summed E-state index contributed by atoms with van der Waals surface area (Å²) in [6.45, 7) is 0.496. The lowest BCUT2D eigenvalue weighted by molar-refractivity contribution is -0.133. The number of nitrogens with zero attached hydrogens (tertiary/aromatic N) is 4. The minimum atomic E-state index is -0.893. The van der Waals surface area contributed by atoms with Gasteiger partial charge in [-0.05, 0) is 22.1 Å². The number of thioether (sulfide) groups is 1. The zero-order valence-electron chi connectivity index (χ0n) is 9.15. The monoisotopic (exact) mass is 328 g/mol. The summed E-state index contributed by atoms with van der Waals surface area (Å²) in [5.41, 5.74) is 1.03. The molecule has 0 amide bonds. The summed E-state index contributed by atoms with van der Waals surface area (Å²) in [6, 6.07) is 7.74. The molecule has 1 aromatic heterocycles. The van der Waals surface area contributed by atoms with E-state index in [0.717, 1.165) is 21.8 Å². The second-order valence-electron chi connectivity index (χ2n) is 3.39. The van der Waals surface area contributed by atoms with Crippen LogP contribution in [0.25, 0.3) is 0 Å². The lowest BCUT2D eigenvalue weighted by Crippen LogP contribution is -2.06. The van der Waals surface area contributed by atoms with Crippen LogP contribution in [0, 0.1) is 0 Å².